The molecule has 1 N–H and O–H groups in total. The number of nitrogens with zero attached hydrogens (tertiary/aromatic N) is 2. The van der Waals surface area contributed by atoms with Crippen LogP contribution in [0.15, 0.2) is 69.3 Å². The number of nitrogens with one attached hydrogen (secondary N) is 1. The Balaban J connectivity index is 1.61. The first-order valence-electron chi connectivity index (χ1n) is 7.09. The zero-order valence-electron chi connectivity index (χ0n) is 12.1. The van der Waals surface area contributed by atoms with Gasteiger partial charge in [0.15, 0.2) is 5.17 Å². The fraction of sp³-hybridized carbons (Fsp3) is 0.118. The van der Waals surface area contributed by atoms with Gasteiger partial charge in [0.05, 0.1) is 11.5 Å². The van der Waals surface area contributed by atoms with Crippen LogP contribution >= 0.6 is 27.7 Å². The molecule has 116 valence electrons. The van der Waals surface area contributed by atoms with Crippen molar-refractivity contribution in [1.29, 1.82) is 0 Å². The van der Waals surface area contributed by atoms with Gasteiger partial charge >= 0.3 is 0 Å². The molecular weight excluding hydrogens is 374 g/mol. The lowest BCUT2D eigenvalue weighted by molar-refractivity contribution is -0.118. The molecule has 1 fully saturated rings. The number of benzene rings is 2. The number of hydrogen-bond acceptors (Lipinski definition) is 4. The van der Waals surface area contributed by atoms with Crippen molar-refractivity contribution in [2.24, 2.45) is 10.2 Å². The molecule has 0 spiro atoms. The van der Waals surface area contributed by atoms with Gasteiger partial charge < -0.3 is 5.32 Å². The Hall–Kier alpha value is -1.92. The van der Waals surface area contributed by atoms with E-state index in [1.165, 1.54) is 11.8 Å². The fourth-order valence-corrected chi connectivity index (χ4v) is 3.34. The minimum atomic E-state index is -0.165. The summed E-state index contributed by atoms with van der Waals surface area (Å²) in [6.45, 7) is 0. The molecule has 2 aromatic rings. The van der Waals surface area contributed by atoms with E-state index < -0.39 is 0 Å². The van der Waals surface area contributed by atoms with Gasteiger partial charge in [-0.25, -0.2) is 0 Å². The highest BCUT2D eigenvalue weighted by atomic mass is 79.9. The molecule has 0 aromatic heterocycles. The molecule has 1 aliphatic heterocycles. The number of amides is 1. The monoisotopic (exact) mass is 387 g/mol. The summed E-state index contributed by atoms with van der Waals surface area (Å²) >= 11 is 4.82. The number of halogens is 1. The van der Waals surface area contributed by atoms with Crippen LogP contribution < -0.4 is 5.32 Å². The molecule has 6 heteroatoms. The summed E-state index contributed by atoms with van der Waals surface area (Å²) in [6, 6.07) is 17.7. The van der Waals surface area contributed by atoms with Crippen molar-refractivity contribution >= 4 is 45.0 Å². The van der Waals surface area contributed by atoms with Gasteiger partial charge in [-0.3, -0.25) is 4.79 Å². The van der Waals surface area contributed by atoms with Crippen LogP contribution in [-0.4, -0.2) is 22.5 Å². The molecule has 23 heavy (non-hydrogen) atoms. The van der Waals surface area contributed by atoms with Crippen LogP contribution in [0.1, 0.15) is 11.1 Å². The molecule has 1 unspecified atom stereocenters. The smallest absolute Gasteiger partial charge is 0.239 e. The zero-order valence-corrected chi connectivity index (χ0v) is 14.5. The van der Waals surface area contributed by atoms with Crippen LogP contribution in [0.2, 0.25) is 0 Å². The van der Waals surface area contributed by atoms with E-state index in [1.54, 1.807) is 6.21 Å². The average Bonchev–Trinajstić information content (AvgIpc) is 2.90. The van der Waals surface area contributed by atoms with Crippen LogP contribution in [0.25, 0.3) is 0 Å². The summed E-state index contributed by atoms with van der Waals surface area (Å²) < 4.78 is 1.03. The van der Waals surface area contributed by atoms with Gasteiger partial charge in [0.25, 0.3) is 0 Å². The van der Waals surface area contributed by atoms with Crippen molar-refractivity contribution in [3.63, 3.8) is 0 Å². The lowest BCUT2D eigenvalue weighted by Gasteiger charge is -2.05. The molecule has 3 rings (SSSR count). The molecule has 1 atom stereocenters. The largest absolute Gasteiger partial charge is 0.303 e. The molecule has 0 saturated carbocycles. The molecule has 0 aliphatic carbocycles. The minimum absolute atomic E-state index is 0.0217. The third kappa shape index (κ3) is 4.53. The van der Waals surface area contributed by atoms with E-state index >= 15 is 0 Å². The predicted octanol–water partition coefficient (Wildman–Crippen LogP) is 3.61. The summed E-state index contributed by atoms with van der Waals surface area (Å²) in [6.07, 6.45) is 2.34. The summed E-state index contributed by atoms with van der Waals surface area (Å²) in [4.78, 5) is 12.0. The van der Waals surface area contributed by atoms with Gasteiger partial charge in [-0.1, -0.05) is 70.2 Å². The molecule has 1 saturated heterocycles. The minimum Gasteiger partial charge on any atom is -0.303 e. The number of thioether (sulfide) groups is 1. The van der Waals surface area contributed by atoms with Gasteiger partial charge in [-0.15, -0.1) is 5.10 Å². The second-order valence-electron chi connectivity index (χ2n) is 4.99. The topological polar surface area (TPSA) is 53.8 Å². The van der Waals surface area contributed by atoms with E-state index in [0.717, 1.165) is 15.6 Å². The van der Waals surface area contributed by atoms with Crippen molar-refractivity contribution in [2.45, 2.75) is 11.7 Å². The lowest BCUT2D eigenvalue weighted by atomic mass is 10.1. The average molecular weight is 388 g/mol. The van der Waals surface area contributed by atoms with Crippen LogP contribution in [-0.2, 0) is 11.2 Å². The van der Waals surface area contributed by atoms with Gasteiger partial charge in [-0.05, 0) is 29.7 Å². The molecular formula is C17H14BrN3OS. The number of carbonyl (C=O) groups excluding carboxylic acids is 1. The van der Waals surface area contributed by atoms with Gasteiger partial charge in [0.1, 0.15) is 0 Å². The maximum absolute atomic E-state index is 12.0. The summed E-state index contributed by atoms with van der Waals surface area (Å²) in [5, 5.41) is 11.3. The van der Waals surface area contributed by atoms with Crippen LogP contribution in [0.5, 0.6) is 0 Å². The van der Waals surface area contributed by atoms with E-state index in [2.05, 4.69) is 31.4 Å². The van der Waals surface area contributed by atoms with E-state index in [0.29, 0.717) is 11.6 Å². The third-order valence-electron chi connectivity index (χ3n) is 3.27. The third-order valence-corrected chi connectivity index (χ3v) is 4.87. The van der Waals surface area contributed by atoms with Crippen LogP contribution in [0, 0.1) is 0 Å². The maximum atomic E-state index is 12.0. The second kappa shape index (κ2) is 7.57. The van der Waals surface area contributed by atoms with Gasteiger partial charge in [-0.2, -0.15) is 5.10 Å². The number of carbonyl (C=O) groups is 1. The summed E-state index contributed by atoms with van der Waals surface area (Å²) in [5.74, 6) is -0.0217. The van der Waals surface area contributed by atoms with E-state index in [9.17, 15) is 4.79 Å². The Morgan fingerprint density at radius 3 is 2.61 bits per heavy atom. The van der Waals surface area contributed by atoms with Crippen LogP contribution in [0.3, 0.4) is 0 Å². The Kier molecular flexibility index (Phi) is 5.25. The van der Waals surface area contributed by atoms with E-state index in [-0.39, 0.29) is 11.2 Å². The maximum Gasteiger partial charge on any atom is 0.239 e. The Labute approximate surface area is 147 Å². The van der Waals surface area contributed by atoms with E-state index in [4.69, 9.17) is 0 Å². The number of hydrogen-bond donors (Lipinski definition) is 1. The van der Waals surface area contributed by atoms with Gasteiger partial charge in [0, 0.05) is 4.47 Å². The first-order valence-corrected chi connectivity index (χ1v) is 8.76. The molecule has 0 bridgehead atoms. The van der Waals surface area contributed by atoms with Crippen LogP contribution in [0.4, 0.5) is 0 Å². The Bertz CT molecular complexity index is 744. The van der Waals surface area contributed by atoms with Gasteiger partial charge in [0.2, 0.25) is 5.91 Å². The quantitative estimate of drug-likeness (QED) is 0.643. The highest BCUT2D eigenvalue weighted by Gasteiger charge is 2.30. The normalized spacial score (nSPS) is 19.4. The number of rotatable bonds is 4. The van der Waals surface area contributed by atoms with Crippen molar-refractivity contribution in [3.05, 3.63) is 70.2 Å². The SMILES string of the molecule is O=C1NC(=NN=Cc2ccccc2)SC1Cc1ccc(Br)cc1. The van der Waals surface area contributed by atoms with Crippen molar-refractivity contribution in [1.82, 2.24) is 5.32 Å². The predicted molar refractivity (Wildman–Crippen MR) is 98.8 cm³/mol. The lowest BCUT2D eigenvalue weighted by Crippen LogP contribution is -2.25. The van der Waals surface area contributed by atoms with E-state index in [1.807, 2.05) is 54.6 Å². The molecule has 0 radical (unpaired) electrons. The van der Waals surface area contributed by atoms with Crippen molar-refractivity contribution in [2.75, 3.05) is 0 Å². The van der Waals surface area contributed by atoms with Crippen molar-refractivity contribution < 1.29 is 4.79 Å². The highest BCUT2D eigenvalue weighted by Crippen LogP contribution is 2.24. The molecule has 2 aromatic carbocycles. The Morgan fingerprint density at radius 1 is 1.13 bits per heavy atom. The van der Waals surface area contributed by atoms with Crippen molar-refractivity contribution in [3.8, 4) is 0 Å². The summed E-state index contributed by atoms with van der Waals surface area (Å²) in [7, 11) is 0. The molecule has 1 amide bonds. The summed E-state index contributed by atoms with van der Waals surface area (Å²) in [5.41, 5.74) is 2.09. The molecule has 1 heterocycles. The highest BCUT2D eigenvalue weighted by molar-refractivity contribution is 9.10. The zero-order chi connectivity index (χ0) is 16.1. The fourth-order valence-electron chi connectivity index (χ4n) is 2.11. The molecule has 1 aliphatic rings. The number of amidine groups is 1. The first-order chi connectivity index (χ1) is 11.2. The standard InChI is InChI=1S/C17H14BrN3OS/c18-14-8-6-12(7-9-14)10-15-16(22)20-17(23-15)21-19-11-13-4-2-1-3-5-13/h1-9,11,15H,10H2,(H,20,21,22). The Morgan fingerprint density at radius 2 is 1.87 bits per heavy atom. The first kappa shape index (κ1) is 16.0. The second-order valence-corrected chi connectivity index (χ2v) is 7.09. The molecule has 4 nitrogen and oxygen atoms in total.